The van der Waals surface area contributed by atoms with Gasteiger partial charge in [-0.15, -0.1) is 26.0 Å². The van der Waals surface area contributed by atoms with Crippen LogP contribution in [0, 0.1) is 12.8 Å². The van der Waals surface area contributed by atoms with E-state index in [1.807, 2.05) is 0 Å². The molecule has 0 saturated carbocycles. The van der Waals surface area contributed by atoms with E-state index in [9.17, 15) is 65.0 Å². The van der Waals surface area contributed by atoms with Crippen molar-refractivity contribution < 1.29 is 69.7 Å². The van der Waals surface area contributed by atoms with Crippen molar-refractivity contribution >= 4 is 21.8 Å². The predicted molar refractivity (Wildman–Crippen MR) is 73.6 cm³/mol. The molecule has 0 aliphatic carbocycles. The molecular formula is C9H7B3F15O-3. The van der Waals surface area contributed by atoms with Gasteiger partial charge >= 0.3 is 28.1 Å². The van der Waals surface area contributed by atoms with E-state index in [4.69, 9.17) is 0 Å². The van der Waals surface area contributed by atoms with Crippen molar-refractivity contribution in [3.8, 4) is 18.6 Å². The number of benzene rings is 1. The van der Waals surface area contributed by atoms with Gasteiger partial charge in [0.15, 0.2) is 0 Å². The van der Waals surface area contributed by atoms with E-state index in [0.29, 0.717) is 0 Å². The Balaban J connectivity index is -0.000000145. The second-order valence-electron chi connectivity index (χ2n) is 3.35. The molecule has 0 aliphatic rings. The van der Waals surface area contributed by atoms with Gasteiger partial charge in [0, 0.05) is 0 Å². The predicted octanol–water partition coefficient (Wildman–Crippen LogP) is 6.73. The van der Waals surface area contributed by atoms with E-state index < -0.39 is 28.1 Å². The highest BCUT2D eigenvalue weighted by molar-refractivity contribution is 6.50. The van der Waals surface area contributed by atoms with Gasteiger partial charge in [-0.25, -0.2) is 0 Å². The smallest absolute Gasteiger partial charge is 0.418 e. The fourth-order valence-electron chi connectivity index (χ4n) is 0.622. The maximum Gasteiger partial charge on any atom is 0.673 e. The zero-order valence-electron chi connectivity index (χ0n) is 12.9. The minimum Gasteiger partial charge on any atom is -0.418 e. The largest absolute Gasteiger partial charge is 0.673 e. The van der Waals surface area contributed by atoms with Gasteiger partial charge in [-0.1, -0.05) is 18.2 Å². The van der Waals surface area contributed by atoms with Crippen LogP contribution in [0.15, 0.2) is 30.3 Å². The Hall–Kier alpha value is -2.28. The SMILES string of the molecule is C#C.FC(F)(F)Oc1ccccc1.F[B-](F)(F)F.F[B-](F)(F)F.F[B-](F)(F)F. The van der Waals surface area contributed by atoms with E-state index >= 15 is 0 Å². The number of para-hydroxylation sites is 1. The van der Waals surface area contributed by atoms with Crippen molar-refractivity contribution in [2.75, 3.05) is 0 Å². The van der Waals surface area contributed by atoms with Crippen molar-refractivity contribution in [2.24, 2.45) is 0 Å². The Bertz CT molecular complexity index is 443. The third-order valence-corrected chi connectivity index (χ3v) is 0.977. The number of ether oxygens (including phenoxy) is 1. The van der Waals surface area contributed by atoms with Crippen molar-refractivity contribution in [3.05, 3.63) is 30.3 Å². The fourth-order valence-corrected chi connectivity index (χ4v) is 0.622. The summed E-state index contributed by atoms with van der Waals surface area (Å²) < 4.78 is 155. The van der Waals surface area contributed by atoms with Crippen molar-refractivity contribution in [1.29, 1.82) is 0 Å². The molecule has 0 N–H and O–H groups in total. The van der Waals surface area contributed by atoms with Crippen LogP contribution >= 0.6 is 0 Å². The van der Waals surface area contributed by atoms with Gasteiger partial charge in [0.1, 0.15) is 5.75 Å². The second kappa shape index (κ2) is 14.7. The van der Waals surface area contributed by atoms with Crippen LogP contribution in [0.5, 0.6) is 5.75 Å². The summed E-state index contributed by atoms with van der Waals surface area (Å²) in [7, 11) is -18.0. The van der Waals surface area contributed by atoms with E-state index in [1.54, 1.807) is 6.07 Å². The number of rotatable bonds is 1. The highest BCUT2D eigenvalue weighted by Gasteiger charge is 2.30. The van der Waals surface area contributed by atoms with Gasteiger partial charge in [-0.3, -0.25) is 0 Å². The molecule has 0 atom stereocenters. The highest BCUT2D eigenvalue weighted by atomic mass is 19.5. The van der Waals surface area contributed by atoms with Crippen molar-refractivity contribution in [1.82, 2.24) is 0 Å². The van der Waals surface area contributed by atoms with Crippen LogP contribution in [-0.2, 0) is 0 Å². The Labute approximate surface area is 148 Å². The molecule has 0 spiro atoms. The summed E-state index contributed by atoms with van der Waals surface area (Å²) in [6.45, 7) is 0. The van der Waals surface area contributed by atoms with Crippen LogP contribution < -0.4 is 4.74 Å². The zero-order chi connectivity index (χ0) is 23.8. The van der Waals surface area contributed by atoms with Gasteiger partial charge in [-0.05, 0) is 12.1 Å². The summed E-state index contributed by atoms with van der Waals surface area (Å²) >= 11 is 0. The molecule has 166 valence electrons. The lowest BCUT2D eigenvalue weighted by molar-refractivity contribution is -0.274. The van der Waals surface area contributed by atoms with Crippen LogP contribution in [-0.4, -0.2) is 28.1 Å². The molecule has 0 saturated heterocycles. The molecule has 1 nitrogen and oxygen atoms in total. The first-order chi connectivity index (χ1) is 12.1. The lowest BCUT2D eigenvalue weighted by Gasteiger charge is -2.07. The molecule has 0 radical (unpaired) electrons. The molecule has 1 rings (SSSR count). The van der Waals surface area contributed by atoms with Crippen molar-refractivity contribution in [3.63, 3.8) is 0 Å². The summed E-state index contributed by atoms with van der Waals surface area (Å²) in [5, 5.41) is 0. The summed E-state index contributed by atoms with van der Waals surface area (Å²) in [4.78, 5) is 0. The van der Waals surface area contributed by atoms with Crippen LogP contribution in [0.4, 0.5) is 65.0 Å². The summed E-state index contributed by atoms with van der Waals surface area (Å²) in [6, 6.07) is 7.05. The van der Waals surface area contributed by atoms with E-state index in [0.717, 1.165) is 0 Å². The van der Waals surface area contributed by atoms with Crippen molar-refractivity contribution in [2.45, 2.75) is 6.36 Å². The topological polar surface area (TPSA) is 9.23 Å². The Morgan fingerprint density at radius 3 is 0.964 bits per heavy atom. The number of halogens is 15. The molecule has 0 unspecified atom stereocenters. The van der Waals surface area contributed by atoms with Gasteiger partial charge in [0.2, 0.25) is 0 Å². The lowest BCUT2D eigenvalue weighted by atomic mass is 10.3. The second-order valence-corrected chi connectivity index (χ2v) is 3.35. The molecule has 1 aromatic rings. The zero-order valence-corrected chi connectivity index (χ0v) is 12.9. The van der Waals surface area contributed by atoms with Gasteiger partial charge in [0.05, 0.1) is 0 Å². The number of terminal acetylenes is 1. The third-order valence-electron chi connectivity index (χ3n) is 0.977. The Morgan fingerprint density at radius 2 is 0.786 bits per heavy atom. The fraction of sp³-hybridized carbons (Fsp3) is 0.111. The molecule has 0 aliphatic heterocycles. The molecule has 19 heteroatoms. The third kappa shape index (κ3) is 107. The maximum atomic E-state index is 11.5. The molecule has 0 bridgehead atoms. The number of alkyl halides is 3. The Morgan fingerprint density at radius 1 is 0.571 bits per heavy atom. The number of hydrogen-bond donors (Lipinski definition) is 0. The van der Waals surface area contributed by atoms with Crippen LogP contribution in [0.25, 0.3) is 0 Å². The van der Waals surface area contributed by atoms with Crippen LogP contribution in [0.2, 0.25) is 0 Å². The molecule has 0 aromatic heterocycles. The first-order valence-corrected chi connectivity index (χ1v) is 5.84. The monoisotopic (exact) mass is 449 g/mol. The molecular weight excluding hydrogens is 442 g/mol. The standard InChI is InChI=1S/C7H5F3O.C2H2.3BF4/c8-7(9,10)11-6-4-2-1-3-5-6;1-2;3*2-1(3,4)5/h1-5H;1-2H;;;/q;;3*-1. The summed E-state index contributed by atoms with van der Waals surface area (Å²) in [6.07, 6.45) is 3.40. The molecule has 28 heavy (non-hydrogen) atoms. The average Bonchev–Trinajstić information content (AvgIpc) is 2.34. The van der Waals surface area contributed by atoms with Crippen LogP contribution in [0.1, 0.15) is 0 Å². The lowest BCUT2D eigenvalue weighted by Crippen LogP contribution is -2.16. The molecule has 0 heterocycles. The van der Waals surface area contributed by atoms with E-state index in [2.05, 4.69) is 17.6 Å². The Kier molecular flexibility index (Phi) is 17.5. The van der Waals surface area contributed by atoms with Gasteiger partial charge < -0.3 is 56.5 Å². The first-order valence-electron chi connectivity index (χ1n) is 5.84. The summed E-state index contributed by atoms with van der Waals surface area (Å²) in [5.74, 6) is -0.194. The molecule has 0 amide bonds. The highest BCUT2D eigenvalue weighted by Crippen LogP contribution is 2.21. The normalized spacial score (nSPS) is 10.9. The van der Waals surface area contributed by atoms with E-state index in [-0.39, 0.29) is 5.75 Å². The number of hydrogen-bond acceptors (Lipinski definition) is 1. The summed E-state index contributed by atoms with van der Waals surface area (Å²) in [5.41, 5.74) is 0. The molecule has 1 aromatic carbocycles. The van der Waals surface area contributed by atoms with Crippen LogP contribution in [0.3, 0.4) is 0 Å². The van der Waals surface area contributed by atoms with E-state index in [1.165, 1.54) is 24.3 Å². The minimum atomic E-state index is -6.00. The first kappa shape index (κ1) is 33.3. The quantitative estimate of drug-likeness (QED) is 0.263. The minimum absolute atomic E-state index is 0.194. The average molecular weight is 449 g/mol. The van der Waals surface area contributed by atoms with Gasteiger partial charge in [0.25, 0.3) is 0 Å². The molecule has 0 fully saturated rings. The maximum absolute atomic E-state index is 11.5. The van der Waals surface area contributed by atoms with Gasteiger partial charge in [-0.2, -0.15) is 0 Å².